The minimum atomic E-state index is -0.456. The van der Waals surface area contributed by atoms with Crippen LogP contribution in [-0.4, -0.2) is 63.8 Å². The fraction of sp³-hybridized carbons (Fsp3) is 0.375. The summed E-state index contributed by atoms with van der Waals surface area (Å²) in [6.07, 6.45) is 4.29. The van der Waals surface area contributed by atoms with Gasteiger partial charge in [-0.25, -0.2) is 9.78 Å². The Bertz CT molecular complexity index is 1440. The summed E-state index contributed by atoms with van der Waals surface area (Å²) in [6.45, 7) is 2.87. The lowest BCUT2D eigenvalue weighted by molar-refractivity contribution is 0.0879. The van der Waals surface area contributed by atoms with Crippen molar-refractivity contribution in [2.75, 3.05) is 31.5 Å². The van der Waals surface area contributed by atoms with E-state index in [1.54, 1.807) is 22.3 Å². The zero-order chi connectivity index (χ0) is 24.1. The second kappa shape index (κ2) is 8.58. The van der Waals surface area contributed by atoms with Crippen LogP contribution in [0.2, 0.25) is 0 Å². The minimum absolute atomic E-state index is 0.0489. The summed E-state index contributed by atoms with van der Waals surface area (Å²) in [6, 6.07) is 4.42. The molecule has 0 bridgehead atoms. The molecule has 1 aromatic carbocycles. The number of rotatable bonds is 3. The number of H-pyrrole nitrogens is 1. The molecule has 35 heavy (non-hydrogen) atoms. The first-order valence-electron chi connectivity index (χ1n) is 11.8. The monoisotopic (exact) mass is 492 g/mol. The molecule has 2 aliphatic heterocycles. The number of aryl methyl sites for hydroxylation is 2. The van der Waals surface area contributed by atoms with E-state index in [1.807, 2.05) is 0 Å². The number of urea groups is 1. The van der Waals surface area contributed by atoms with Gasteiger partial charge >= 0.3 is 6.03 Å². The molecule has 0 unspecified atom stereocenters. The molecule has 3 N–H and O–H groups in total. The van der Waals surface area contributed by atoms with Gasteiger partial charge in [0.05, 0.1) is 23.1 Å². The highest BCUT2D eigenvalue weighted by Crippen LogP contribution is 2.33. The Morgan fingerprint density at radius 2 is 1.80 bits per heavy atom. The lowest BCUT2D eigenvalue weighted by Crippen LogP contribution is -2.49. The van der Waals surface area contributed by atoms with Crippen LogP contribution in [0.4, 0.5) is 10.5 Å². The number of carbonyl (C=O) groups is 3. The van der Waals surface area contributed by atoms with Crippen LogP contribution in [0.5, 0.6) is 0 Å². The fourth-order valence-corrected chi connectivity index (χ4v) is 6.33. The lowest BCUT2D eigenvalue weighted by atomic mass is 9.97. The molecule has 10 nitrogen and oxygen atoms in total. The van der Waals surface area contributed by atoms with Gasteiger partial charge in [-0.1, -0.05) is 0 Å². The van der Waals surface area contributed by atoms with Gasteiger partial charge in [0.2, 0.25) is 0 Å². The zero-order valence-corrected chi connectivity index (χ0v) is 19.8. The van der Waals surface area contributed by atoms with E-state index in [2.05, 4.69) is 20.5 Å². The van der Waals surface area contributed by atoms with Crippen molar-refractivity contribution < 1.29 is 14.4 Å². The highest BCUT2D eigenvalue weighted by molar-refractivity contribution is 7.18. The number of thiophene rings is 1. The van der Waals surface area contributed by atoms with Crippen molar-refractivity contribution in [3.63, 3.8) is 0 Å². The van der Waals surface area contributed by atoms with Crippen molar-refractivity contribution in [2.45, 2.75) is 32.2 Å². The summed E-state index contributed by atoms with van der Waals surface area (Å²) in [7, 11) is 0. The highest BCUT2D eigenvalue weighted by Gasteiger charge is 2.28. The van der Waals surface area contributed by atoms with E-state index in [9.17, 15) is 19.2 Å². The molecule has 0 saturated carbocycles. The highest BCUT2D eigenvalue weighted by atomic mass is 32.1. The first-order chi connectivity index (χ1) is 17.0. The van der Waals surface area contributed by atoms with E-state index in [1.165, 1.54) is 29.0 Å². The molecule has 11 heteroatoms. The zero-order valence-electron chi connectivity index (χ0n) is 19.0. The second-order valence-electron chi connectivity index (χ2n) is 9.14. The summed E-state index contributed by atoms with van der Waals surface area (Å²) < 4.78 is 0. The molecule has 4 heterocycles. The van der Waals surface area contributed by atoms with Gasteiger partial charge in [0.25, 0.3) is 17.4 Å². The SMILES string of the molecule is O=C1NC(=O)c2cc(NC(=O)N3CCN(Cc4nc5sc6c(c5c(=O)[nH]4)CCCC6)CC3)ccc21. The van der Waals surface area contributed by atoms with E-state index in [0.29, 0.717) is 49.8 Å². The van der Waals surface area contributed by atoms with E-state index in [-0.39, 0.29) is 17.2 Å². The Morgan fingerprint density at radius 3 is 2.63 bits per heavy atom. The Hall–Kier alpha value is -3.57. The molecule has 0 spiro atoms. The second-order valence-corrected chi connectivity index (χ2v) is 10.2. The van der Waals surface area contributed by atoms with Crippen molar-refractivity contribution in [3.05, 3.63) is 55.9 Å². The normalized spacial score (nSPS) is 17.9. The van der Waals surface area contributed by atoms with Crippen LogP contribution in [0.15, 0.2) is 23.0 Å². The van der Waals surface area contributed by atoms with Crippen LogP contribution >= 0.6 is 11.3 Å². The van der Waals surface area contributed by atoms with Crippen LogP contribution in [0.3, 0.4) is 0 Å². The maximum Gasteiger partial charge on any atom is 0.321 e. The Balaban J connectivity index is 1.08. The molecular formula is C24H24N6O4S. The van der Waals surface area contributed by atoms with Crippen LogP contribution < -0.4 is 16.2 Å². The number of fused-ring (bicyclic) bond motifs is 4. The summed E-state index contributed by atoms with van der Waals surface area (Å²) in [5, 5.41) is 5.82. The third-order valence-electron chi connectivity index (χ3n) is 6.89. The number of hydrogen-bond acceptors (Lipinski definition) is 7. The van der Waals surface area contributed by atoms with E-state index >= 15 is 0 Å². The molecule has 1 aliphatic carbocycles. The largest absolute Gasteiger partial charge is 0.322 e. The molecular weight excluding hydrogens is 468 g/mol. The van der Waals surface area contributed by atoms with Gasteiger partial charge in [-0.05, 0) is 49.4 Å². The van der Waals surface area contributed by atoms with Crippen molar-refractivity contribution >= 4 is 45.1 Å². The molecule has 0 atom stereocenters. The van der Waals surface area contributed by atoms with Gasteiger partial charge in [0.1, 0.15) is 10.7 Å². The van der Waals surface area contributed by atoms with Gasteiger partial charge in [-0.3, -0.25) is 24.6 Å². The van der Waals surface area contributed by atoms with Crippen LogP contribution in [0, 0.1) is 0 Å². The summed E-state index contributed by atoms with van der Waals surface area (Å²) >= 11 is 1.65. The number of amides is 4. The number of anilines is 1. The van der Waals surface area contributed by atoms with E-state index < -0.39 is 11.8 Å². The molecule has 3 aliphatic rings. The average Bonchev–Trinajstić information content (AvgIpc) is 3.36. The predicted molar refractivity (Wildman–Crippen MR) is 131 cm³/mol. The van der Waals surface area contributed by atoms with Crippen LogP contribution in [-0.2, 0) is 19.4 Å². The fourth-order valence-electron chi connectivity index (χ4n) is 5.05. The summed E-state index contributed by atoms with van der Waals surface area (Å²) in [4.78, 5) is 62.8. The maximum atomic E-state index is 12.8. The number of carbonyl (C=O) groups excluding carboxylic acids is 3. The average molecular weight is 493 g/mol. The van der Waals surface area contributed by atoms with Gasteiger partial charge in [0.15, 0.2) is 0 Å². The molecule has 180 valence electrons. The van der Waals surface area contributed by atoms with Crippen LogP contribution in [0.1, 0.15) is 49.8 Å². The first kappa shape index (κ1) is 21.9. The third kappa shape index (κ3) is 4.00. The molecule has 2 aromatic heterocycles. The molecule has 6 rings (SSSR count). The Labute approximate surface area is 204 Å². The van der Waals surface area contributed by atoms with Gasteiger partial charge in [0, 0.05) is 36.7 Å². The lowest BCUT2D eigenvalue weighted by Gasteiger charge is -2.34. The van der Waals surface area contributed by atoms with Crippen molar-refractivity contribution in [1.82, 2.24) is 25.1 Å². The third-order valence-corrected chi connectivity index (χ3v) is 8.08. The predicted octanol–water partition coefficient (Wildman–Crippen LogP) is 2.10. The smallest absolute Gasteiger partial charge is 0.321 e. The van der Waals surface area contributed by atoms with Gasteiger partial charge in [-0.2, -0.15) is 0 Å². The van der Waals surface area contributed by atoms with Gasteiger partial charge < -0.3 is 15.2 Å². The number of benzene rings is 1. The maximum absolute atomic E-state index is 12.8. The molecule has 0 radical (unpaired) electrons. The standard InChI is InChI=1S/C24H24N6O4S/c31-20-14-6-5-13(11-16(14)21(32)28-20)25-24(34)30-9-7-29(8-10-30)12-18-26-22(33)19-15-3-1-2-4-17(15)35-23(19)27-18/h5-6,11H,1-4,7-10,12H2,(H,25,34)(H,26,27,33)(H,28,31,32). The molecule has 1 fully saturated rings. The number of aromatic amines is 1. The number of piperazine rings is 1. The quantitative estimate of drug-likeness (QED) is 0.481. The van der Waals surface area contributed by atoms with Crippen molar-refractivity contribution in [2.24, 2.45) is 0 Å². The number of imide groups is 1. The number of hydrogen-bond donors (Lipinski definition) is 3. The van der Waals surface area contributed by atoms with Gasteiger partial charge in [-0.15, -0.1) is 11.3 Å². The molecule has 4 amide bonds. The van der Waals surface area contributed by atoms with Crippen molar-refractivity contribution in [3.8, 4) is 0 Å². The first-order valence-corrected chi connectivity index (χ1v) is 12.6. The minimum Gasteiger partial charge on any atom is -0.322 e. The molecule has 3 aromatic rings. The topological polar surface area (TPSA) is 128 Å². The Kier molecular flexibility index (Phi) is 5.37. The summed E-state index contributed by atoms with van der Waals surface area (Å²) in [5.74, 6) is -0.222. The Morgan fingerprint density at radius 1 is 1.03 bits per heavy atom. The van der Waals surface area contributed by atoms with Crippen LogP contribution in [0.25, 0.3) is 10.2 Å². The number of aromatic nitrogens is 2. The van der Waals surface area contributed by atoms with Crippen molar-refractivity contribution in [1.29, 1.82) is 0 Å². The van der Waals surface area contributed by atoms with E-state index in [0.717, 1.165) is 29.5 Å². The molecule has 1 saturated heterocycles. The van der Waals surface area contributed by atoms with E-state index in [4.69, 9.17) is 4.98 Å². The number of nitrogens with zero attached hydrogens (tertiary/aromatic N) is 3. The number of nitrogens with one attached hydrogen (secondary N) is 3. The summed E-state index contributed by atoms with van der Waals surface area (Å²) in [5.41, 5.74) is 2.19.